The highest BCUT2D eigenvalue weighted by Gasteiger charge is 2.31. The highest BCUT2D eigenvalue weighted by atomic mass is 35.5. The van der Waals surface area contributed by atoms with Gasteiger partial charge in [0.25, 0.3) is 5.56 Å². The van der Waals surface area contributed by atoms with E-state index in [-0.39, 0.29) is 5.13 Å². The second-order valence-electron chi connectivity index (χ2n) is 5.47. The molecule has 1 N–H and O–H groups in total. The number of anilines is 1. The first-order valence-electron chi connectivity index (χ1n) is 7.51. The van der Waals surface area contributed by atoms with Gasteiger partial charge in [-0.25, -0.2) is 4.98 Å². The number of nitrogens with zero attached hydrogens (tertiary/aromatic N) is 2. The summed E-state index contributed by atoms with van der Waals surface area (Å²) in [4.78, 5) is 28.0. The Labute approximate surface area is 160 Å². The molecule has 2 heterocycles. The van der Waals surface area contributed by atoms with E-state index in [1.54, 1.807) is 29.6 Å². The third-order valence-electron chi connectivity index (χ3n) is 3.52. The van der Waals surface area contributed by atoms with Crippen LogP contribution < -0.4 is 10.9 Å². The van der Waals surface area contributed by atoms with Crippen molar-refractivity contribution in [2.24, 2.45) is 0 Å². The van der Waals surface area contributed by atoms with Crippen LogP contribution in [0.25, 0.3) is 11.3 Å². The van der Waals surface area contributed by atoms with Gasteiger partial charge in [0.05, 0.1) is 11.3 Å². The highest BCUT2D eigenvalue weighted by molar-refractivity contribution is 7.14. The van der Waals surface area contributed by atoms with Crippen molar-refractivity contribution in [3.05, 3.63) is 68.9 Å². The number of aromatic nitrogens is 2. The number of alkyl halides is 3. The summed E-state index contributed by atoms with van der Waals surface area (Å²) in [6, 6.07) is 8.40. The highest BCUT2D eigenvalue weighted by Crippen LogP contribution is 2.28. The molecule has 0 aliphatic rings. The summed E-state index contributed by atoms with van der Waals surface area (Å²) in [5.74, 6) is -0.659. The Kier molecular flexibility index (Phi) is 5.33. The predicted molar refractivity (Wildman–Crippen MR) is 96.9 cm³/mol. The maximum Gasteiger partial charge on any atom is 0.417 e. The maximum atomic E-state index is 12.7. The minimum Gasteiger partial charge on any atom is -0.305 e. The molecule has 0 fully saturated rings. The number of thiazole rings is 1. The molecule has 0 bridgehead atoms. The van der Waals surface area contributed by atoms with Gasteiger partial charge in [-0.05, 0) is 18.2 Å². The fourth-order valence-corrected chi connectivity index (χ4v) is 3.08. The average Bonchev–Trinajstić information content (AvgIpc) is 3.04. The van der Waals surface area contributed by atoms with E-state index in [2.05, 4.69) is 10.3 Å². The van der Waals surface area contributed by atoms with Crippen LogP contribution in [0, 0.1) is 0 Å². The van der Waals surface area contributed by atoms with Gasteiger partial charge in [0, 0.05) is 28.2 Å². The van der Waals surface area contributed by atoms with Gasteiger partial charge in [0.15, 0.2) is 5.13 Å². The first-order valence-corrected chi connectivity index (χ1v) is 8.77. The number of pyridine rings is 1. The molecule has 1 amide bonds. The first kappa shape index (κ1) is 19.1. The van der Waals surface area contributed by atoms with Crippen molar-refractivity contribution in [3.63, 3.8) is 0 Å². The molecular formula is C17H11ClF3N3O2S. The zero-order chi connectivity index (χ0) is 19.6. The van der Waals surface area contributed by atoms with Crippen LogP contribution in [-0.4, -0.2) is 15.5 Å². The second kappa shape index (κ2) is 7.53. The van der Waals surface area contributed by atoms with Gasteiger partial charge in [-0.2, -0.15) is 13.2 Å². The summed E-state index contributed by atoms with van der Waals surface area (Å²) in [6.45, 7) is -0.557. The predicted octanol–water partition coefficient (Wildman–Crippen LogP) is 4.28. The number of nitrogens with one attached hydrogen (secondary N) is 1. The summed E-state index contributed by atoms with van der Waals surface area (Å²) >= 11 is 6.98. The fraction of sp³-hybridized carbons (Fsp3) is 0.118. The van der Waals surface area contributed by atoms with E-state index in [1.165, 1.54) is 0 Å². The zero-order valence-corrected chi connectivity index (χ0v) is 15.0. The molecule has 0 saturated carbocycles. The molecule has 0 spiro atoms. The molecule has 0 aliphatic carbocycles. The minimum atomic E-state index is -4.60. The Bertz CT molecular complexity index is 1030. The van der Waals surface area contributed by atoms with Crippen molar-refractivity contribution in [2.75, 3.05) is 5.32 Å². The number of halogens is 4. The van der Waals surface area contributed by atoms with E-state index in [9.17, 15) is 22.8 Å². The molecule has 0 unspecified atom stereocenters. The maximum absolute atomic E-state index is 12.7. The van der Waals surface area contributed by atoms with Crippen molar-refractivity contribution in [1.29, 1.82) is 0 Å². The van der Waals surface area contributed by atoms with Crippen LogP contribution >= 0.6 is 22.9 Å². The largest absolute Gasteiger partial charge is 0.417 e. The lowest BCUT2D eigenvalue weighted by Gasteiger charge is -2.10. The molecule has 0 saturated heterocycles. The van der Waals surface area contributed by atoms with Crippen molar-refractivity contribution in [1.82, 2.24) is 9.55 Å². The molecule has 1 aromatic carbocycles. The Balaban J connectivity index is 1.72. The van der Waals surface area contributed by atoms with Crippen LogP contribution in [0.15, 0.2) is 52.8 Å². The smallest absolute Gasteiger partial charge is 0.305 e. The van der Waals surface area contributed by atoms with Crippen LogP contribution in [0.3, 0.4) is 0 Å². The summed E-state index contributed by atoms with van der Waals surface area (Å²) in [5.41, 5.74) is -0.304. The normalized spacial score (nSPS) is 11.4. The van der Waals surface area contributed by atoms with E-state index >= 15 is 0 Å². The Morgan fingerprint density at radius 2 is 1.89 bits per heavy atom. The van der Waals surface area contributed by atoms with Crippen molar-refractivity contribution < 1.29 is 18.0 Å². The average molecular weight is 414 g/mol. The molecule has 10 heteroatoms. The molecular weight excluding hydrogens is 403 g/mol. The molecule has 3 rings (SSSR count). The number of hydrogen-bond acceptors (Lipinski definition) is 4. The third kappa shape index (κ3) is 4.75. The quantitative estimate of drug-likeness (QED) is 0.694. The van der Waals surface area contributed by atoms with Gasteiger partial charge in [0.2, 0.25) is 5.91 Å². The summed E-state index contributed by atoms with van der Waals surface area (Å²) in [6.07, 6.45) is -3.99. The van der Waals surface area contributed by atoms with Crippen LogP contribution in [-0.2, 0) is 17.5 Å². The Hall–Kier alpha value is -2.65. The monoisotopic (exact) mass is 413 g/mol. The van der Waals surface area contributed by atoms with E-state index in [0.717, 1.165) is 23.0 Å². The molecule has 5 nitrogen and oxygen atoms in total. The summed E-state index contributed by atoms with van der Waals surface area (Å²) in [7, 11) is 0. The van der Waals surface area contributed by atoms with Crippen molar-refractivity contribution in [3.8, 4) is 11.3 Å². The fourth-order valence-electron chi connectivity index (χ4n) is 2.22. The van der Waals surface area contributed by atoms with Gasteiger partial charge < -0.3 is 9.88 Å². The lowest BCUT2D eigenvalue weighted by molar-refractivity contribution is -0.138. The molecule has 27 heavy (non-hydrogen) atoms. The number of carbonyl (C=O) groups excluding carboxylic acids is 1. The van der Waals surface area contributed by atoms with Gasteiger partial charge in [0.1, 0.15) is 6.54 Å². The topological polar surface area (TPSA) is 64.0 Å². The summed E-state index contributed by atoms with van der Waals surface area (Å²) in [5, 5.41) is 5.04. The van der Waals surface area contributed by atoms with Gasteiger partial charge in [-0.3, -0.25) is 9.59 Å². The standard InChI is InChI=1S/C17H11ClF3N3O2S/c18-12-4-1-10(2-5-12)13-9-27-16(22-13)23-14(25)8-24-7-11(17(19,20)21)3-6-15(24)26/h1-7,9H,8H2,(H,22,23,25). The number of benzene rings is 1. The molecule has 0 radical (unpaired) electrons. The number of carbonyl (C=O) groups is 1. The molecule has 0 aliphatic heterocycles. The molecule has 3 aromatic rings. The Morgan fingerprint density at radius 1 is 1.19 bits per heavy atom. The lowest BCUT2D eigenvalue weighted by Crippen LogP contribution is -2.28. The van der Waals surface area contributed by atoms with E-state index < -0.39 is 29.8 Å². The second-order valence-corrected chi connectivity index (χ2v) is 6.77. The van der Waals surface area contributed by atoms with Crippen LogP contribution in [0.1, 0.15) is 5.56 Å². The van der Waals surface area contributed by atoms with Crippen LogP contribution in [0.5, 0.6) is 0 Å². The molecule has 140 valence electrons. The number of amides is 1. The van der Waals surface area contributed by atoms with Crippen molar-refractivity contribution in [2.45, 2.75) is 12.7 Å². The SMILES string of the molecule is O=C(Cn1cc(C(F)(F)F)ccc1=O)Nc1nc(-c2ccc(Cl)cc2)cs1. The van der Waals surface area contributed by atoms with Crippen LogP contribution in [0.2, 0.25) is 5.02 Å². The van der Waals surface area contributed by atoms with E-state index in [0.29, 0.717) is 27.5 Å². The summed E-state index contributed by atoms with van der Waals surface area (Å²) < 4.78 is 38.9. The van der Waals surface area contributed by atoms with Gasteiger partial charge >= 0.3 is 6.18 Å². The zero-order valence-electron chi connectivity index (χ0n) is 13.5. The van der Waals surface area contributed by atoms with Crippen LogP contribution in [0.4, 0.5) is 18.3 Å². The van der Waals surface area contributed by atoms with E-state index in [1.807, 2.05) is 0 Å². The molecule has 2 aromatic heterocycles. The molecule has 0 atom stereocenters. The lowest BCUT2D eigenvalue weighted by atomic mass is 10.2. The van der Waals surface area contributed by atoms with Crippen molar-refractivity contribution >= 4 is 34.0 Å². The first-order chi connectivity index (χ1) is 12.7. The van der Waals surface area contributed by atoms with Gasteiger partial charge in [-0.15, -0.1) is 11.3 Å². The minimum absolute atomic E-state index is 0.268. The van der Waals surface area contributed by atoms with Gasteiger partial charge in [-0.1, -0.05) is 23.7 Å². The van der Waals surface area contributed by atoms with E-state index in [4.69, 9.17) is 11.6 Å². The Morgan fingerprint density at radius 3 is 2.56 bits per heavy atom. The third-order valence-corrected chi connectivity index (χ3v) is 4.52. The number of hydrogen-bond donors (Lipinski definition) is 1. The number of rotatable bonds is 4.